The van der Waals surface area contributed by atoms with Gasteiger partial charge in [-0.1, -0.05) is 36.4 Å². The summed E-state index contributed by atoms with van der Waals surface area (Å²) in [6, 6.07) is 15.7. The molecule has 1 N–H and O–H groups in total. The second-order valence-corrected chi connectivity index (χ2v) is 6.33. The number of nitrogens with zero attached hydrogens (tertiary/aromatic N) is 2. The molecule has 3 rings (SSSR count). The van der Waals surface area contributed by atoms with Crippen molar-refractivity contribution in [3.63, 3.8) is 0 Å². The third-order valence-electron chi connectivity index (χ3n) is 3.59. The van der Waals surface area contributed by atoms with Gasteiger partial charge in [0.15, 0.2) is 0 Å². The Labute approximate surface area is 148 Å². The van der Waals surface area contributed by atoms with E-state index < -0.39 is 0 Å². The number of carbonyl (C=O) groups is 1. The first-order chi connectivity index (χ1) is 11.2. The summed E-state index contributed by atoms with van der Waals surface area (Å²) >= 11 is 2.18. The number of halogens is 1. The minimum atomic E-state index is -0.0487. The zero-order chi connectivity index (χ0) is 16.1. The van der Waals surface area contributed by atoms with E-state index in [9.17, 15) is 4.79 Å². The van der Waals surface area contributed by atoms with Crippen LogP contribution in [-0.2, 0) is 13.1 Å². The van der Waals surface area contributed by atoms with Crippen molar-refractivity contribution in [3.8, 4) is 0 Å². The lowest BCUT2D eigenvalue weighted by Gasteiger charge is -2.12. The van der Waals surface area contributed by atoms with Gasteiger partial charge in [0.05, 0.1) is 11.9 Å². The monoisotopic (exact) mass is 417 g/mol. The van der Waals surface area contributed by atoms with Gasteiger partial charge in [-0.15, -0.1) is 0 Å². The van der Waals surface area contributed by atoms with E-state index in [1.165, 1.54) is 5.56 Å². The highest BCUT2D eigenvalue weighted by Crippen LogP contribution is 2.13. The van der Waals surface area contributed by atoms with Crippen LogP contribution in [0.4, 0.5) is 0 Å². The Morgan fingerprint density at radius 1 is 1.09 bits per heavy atom. The molecule has 0 spiro atoms. The van der Waals surface area contributed by atoms with Crippen LogP contribution in [0.25, 0.3) is 0 Å². The minimum Gasteiger partial charge on any atom is -0.348 e. The fraction of sp³-hybridized carbons (Fsp3) is 0.111. The van der Waals surface area contributed by atoms with Crippen LogP contribution in [0.3, 0.4) is 0 Å². The van der Waals surface area contributed by atoms with E-state index in [1.807, 2.05) is 53.2 Å². The van der Waals surface area contributed by atoms with E-state index in [1.54, 1.807) is 12.5 Å². The maximum Gasteiger partial charge on any atom is 0.252 e. The number of amides is 1. The minimum absolute atomic E-state index is 0.0487. The molecule has 1 amide bonds. The van der Waals surface area contributed by atoms with Gasteiger partial charge in [-0.2, -0.15) is 0 Å². The lowest BCUT2D eigenvalue weighted by molar-refractivity contribution is 0.0950. The van der Waals surface area contributed by atoms with Crippen LogP contribution >= 0.6 is 22.6 Å². The number of hydrogen-bond acceptors (Lipinski definition) is 2. The number of benzene rings is 2. The molecule has 1 aromatic heterocycles. The molecule has 0 aliphatic rings. The van der Waals surface area contributed by atoms with Crippen LogP contribution in [0.15, 0.2) is 67.3 Å². The molecule has 5 heteroatoms. The lowest BCUT2D eigenvalue weighted by Crippen LogP contribution is -2.24. The van der Waals surface area contributed by atoms with Gasteiger partial charge in [0.25, 0.3) is 5.91 Å². The Morgan fingerprint density at radius 2 is 1.83 bits per heavy atom. The van der Waals surface area contributed by atoms with Crippen molar-refractivity contribution in [1.29, 1.82) is 0 Å². The maximum absolute atomic E-state index is 12.3. The molecular formula is C18H16IN3O. The molecule has 0 aliphatic heterocycles. The fourth-order valence-corrected chi connectivity index (χ4v) is 3.01. The average molecular weight is 417 g/mol. The molecule has 1 heterocycles. The van der Waals surface area contributed by atoms with Crippen LogP contribution in [-0.4, -0.2) is 15.5 Å². The van der Waals surface area contributed by atoms with Gasteiger partial charge < -0.3 is 9.88 Å². The van der Waals surface area contributed by atoms with E-state index >= 15 is 0 Å². The number of hydrogen-bond donors (Lipinski definition) is 1. The number of imidazole rings is 1. The zero-order valence-corrected chi connectivity index (χ0v) is 14.6. The van der Waals surface area contributed by atoms with Crippen LogP contribution < -0.4 is 5.32 Å². The summed E-state index contributed by atoms with van der Waals surface area (Å²) in [6.07, 6.45) is 5.49. The van der Waals surface area contributed by atoms with Crippen LogP contribution in [0, 0.1) is 3.57 Å². The van der Waals surface area contributed by atoms with Gasteiger partial charge >= 0.3 is 0 Å². The standard InChI is InChI=1S/C18H16IN3O/c19-17-8-4-3-7-16(17)18(23)21-11-14-5-1-2-6-15(14)12-22-10-9-20-13-22/h1-10,13H,11-12H2,(H,21,23). The van der Waals surface area contributed by atoms with Gasteiger partial charge in [0.1, 0.15) is 0 Å². The summed E-state index contributed by atoms with van der Waals surface area (Å²) in [5, 5.41) is 3.01. The molecule has 0 atom stereocenters. The van der Waals surface area contributed by atoms with E-state index in [2.05, 4.69) is 39.0 Å². The van der Waals surface area contributed by atoms with Crippen molar-refractivity contribution in [3.05, 3.63) is 87.5 Å². The third kappa shape index (κ3) is 3.98. The van der Waals surface area contributed by atoms with Crippen molar-refractivity contribution in [2.45, 2.75) is 13.1 Å². The number of aromatic nitrogens is 2. The first-order valence-corrected chi connectivity index (χ1v) is 8.37. The largest absolute Gasteiger partial charge is 0.348 e. The molecule has 0 saturated carbocycles. The molecule has 0 bridgehead atoms. The predicted molar refractivity (Wildman–Crippen MR) is 98.1 cm³/mol. The van der Waals surface area contributed by atoms with Gasteiger partial charge in [-0.3, -0.25) is 4.79 Å². The predicted octanol–water partition coefficient (Wildman–Crippen LogP) is 3.47. The van der Waals surface area contributed by atoms with Crippen LogP contribution in [0.1, 0.15) is 21.5 Å². The highest BCUT2D eigenvalue weighted by molar-refractivity contribution is 14.1. The van der Waals surface area contributed by atoms with E-state index in [0.717, 1.165) is 15.7 Å². The topological polar surface area (TPSA) is 46.9 Å². The first-order valence-electron chi connectivity index (χ1n) is 7.29. The Morgan fingerprint density at radius 3 is 2.57 bits per heavy atom. The molecule has 116 valence electrons. The second kappa shape index (κ2) is 7.41. The molecule has 23 heavy (non-hydrogen) atoms. The molecule has 0 saturated heterocycles. The highest BCUT2D eigenvalue weighted by Gasteiger charge is 2.10. The Kier molecular flexibility index (Phi) is 5.07. The Bertz CT molecular complexity index is 800. The molecule has 2 aromatic carbocycles. The van der Waals surface area contributed by atoms with Crippen molar-refractivity contribution >= 4 is 28.5 Å². The van der Waals surface area contributed by atoms with Gasteiger partial charge in [0, 0.05) is 29.1 Å². The molecule has 0 fully saturated rings. The maximum atomic E-state index is 12.3. The highest BCUT2D eigenvalue weighted by atomic mass is 127. The van der Waals surface area contributed by atoms with Crippen LogP contribution in [0.2, 0.25) is 0 Å². The Balaban J connectivity index is 1.71. The summed E-state index contributed by atoms with van der Waals surface area (Å²) < 4.78 is 2.97. The zero-order valence-electron chi connectivity index (χ0n) is 12.4. The summed E-state index contributed by atoms with van der Waals surface area (Å²) in [7, 11) is 0. The van der Waals surface area contributed by atoms with Crippen molar-refractivity contribution in [1.82, 2.24) is 14.9 Å². The second-order valence-electron chi connectivity index (χ2n) is 5.17. The molecule has 0 radical (unpaired) electrons. The van der Waals surface area contributed by atoms with E-state index in [-0.39, 0.29) is 5.91 Å². The number of nitrogens with one attached hydrogen (secondary N) is 1. The van der Waals surface area contributed by atoms with E-state index in [0.29, 0.717) is 12.1 Å². The quantitative estimate of drug-likeness (QED) is 0.647. The lowest BCUT2D eigenvalue weighted by atomic mass is 10.1. The van der Waals surface area contributed by atoms with Gasteiger partial charge in [-0.25, -0.2) is 4.98 Å². The van der Waals surface area contributed by atoms with E-state index in [4.69, 9.17) is 0 Å². The first kappa shape index (κ1) is 15.7. The van der Waals surface area contributed by atoms with Crippen molar-refractivity contribution in [2.75, 3.05) is 0 Å². The van der Waals surface area contributed by atoms with Gasteiger partial charge in [-0.05, 0) is 45.9 Å². The normalized spacial score (nSPS) is 10.5. The third-order valence-corrected chi connectivity index (χ3v) is 4.53. The molecular weight excluding hydrogens is 401 g/mol. The molecule has 0 unspecified atom stereocenters. The summed E-state index contributed by atoms with van der Waals surface area (Å²) in [5.41, 5.74) is 2.99. The summed E-state index contributed by atoms with van der Waals surface area (Å²) in [4.78, 5) is 16.4. The molecule has 3 aromatic rings. The Hall–Kier alpha value is -2.15. The molecule has 4 nitrogen and oxygen atoms in total. The number of carbonyl (C=O) groups excluding carboxylic acids is 1. The molecule has 0 aliphatic carbocycles. The van der Waals surface area contributed by atoms with Crippen molar-refractivity contribution < 1.29 is 4.79 Å². The summed E-state index contributed by atoms with van der Waals surface area (Å²) in [5.74, 6) is -0.0487. The smallest absolute Gasteiger partial charge is 0.252 e. The average Bonchev–Trinajstić information content (AvgIpc) is 3.07. The van der Waals surface area contributed by atoms with Crippen LogP contribution in [0.5, 0.6) is 0 Å². The number of rotatable bonds is 5. The van der Waals surface area contributed by atoms with Gasteiger partial charge in [0.2, 0.25) is 0 Å². The SMILES string of the molecule is O=C(NCc1ccccc1Cn1ccnc1)c1ccccc1I. The summed E-state index contributed by atoms with van der Waals surface area (Å²) in [6.45, 7) is 1.25. The fourth-order valence-electron chi connectivity index (χ4n) is 2.38. The van der Waals surface area contributed by atoms with Crippen molar-refractivity contribution in [2.24, 2.45) is 0 Å².